The summed E-state index contributed by atoms with van der Waals surface area (Å²) in [6.45, 7) is 4.84. The Hall–Kier alpha value is -1.20. The lowest BCUT2D eigenvalue weighted by atomic mass is 10.4. The molecule has 0 aliphatic heterocycles. The van der Waals surface area contributed by atoms with Gasteiger partial charge in [0.15, 0.2) is 0 Å². The molecule has 0 saturated heterocycles. The van der Waals surface area contributed by atoms with Gasteiger partial charge in [-0.05, 0) is 13.0 Å². The molecule has 2 heterocycles. The topological polar surface area (TPSA) is 42.7 Å². The number of nitrogens with zero attached hydrogens (tertiary/aromatic N) is 3. The highest BCUT2D eigenvalue weighted by Crippen LogP contribution is 2.08. The van der Waals surface area contributed by atoms with E-state index in [2.05, 4.69) is 26.8 Å². The Labute approximate surface area is 99.4 Å². The molecule has 0 aliphatic carbocycles. The molecule has 0 aliphatic rings. The number of aromatic nitrogens is 3. The van der Waals surface area contributed by atoms with Gasteiger partial charge in [0.1, 0.15) is 10.8 Å². The number of rotatable bonds is 6. The Kier molecular flexibility index (Phi) is 4.07. The Balaban J connectivity index is 1.96. The monoisotopic (exact) mass is 236 g/mol. The van der Waals surface area contributed by atoms with Crippen LogP contribution in [-0.2, 0) is 13.1 Å². The highest BCUT2D eigenvalue weighted by atomic mass is 32.1. The predicted octanol–water partition coefficient (Wildman–Crippen LogP) is 1.89. The van der Waals surface area contributed by atoms with Crippen molar-refractivity contribution >= 4 is 11.3 Å². The first-order chi connectivity index (χ1) is 7.90. The van der Waals surface area contributed by atoms with Crippen LogP contribution in [0.25, 0.3) is 0 Å². The van der Waals surface area contributed by atoms with Crippen molar-refractivity contribution in [1.29, 1.82) is 0 Å². The molecular weight excluding hydrogens is 220 g/mol. The van der Waals surface area contributed by atoms with Crippen molar-refractivity contribution in [2.24, 2.45) is 0 Å². The van der Waals surface area contributed by atoms with Crippen LogP contribution in [0.1, 0.15) is 24.2 Å². The molecule has 0 atom stereocenters. The number of hydrogen-bond donors (Lipinski definition) is 1. The lowest BCUT2D eigenvalue weighted by molar-refractivity contribution is 0.615. The largest absolute Gasteiger partial charge is 0.327 e. The average Bonchev–Trinajstić information content (AvgIpc) is 2.92. The molecule has 0 fully saturated rings. The fourth-order valence-corrected chi connectivity index (χ4v) is 2.12. The van der Waals surface area contributed by atoms with Crippen LogP contribution >= 0.6 is 11.3 Å². The van der Waals surface area contributed by atoms with E-state index < -0.39 is 0 Å². The molecule has 0 aromatic carbocycles. The summed E-state index contributed by atoms with van der Waals surface area (Å²) >= 11 is 1.68. The molecule has 0 unspecified atom stereocenters. The molecule has 2 rings (SSSR count). The van der Waals surface area contributed by atoms with Gasteiger partial charge in [-0.25, -0.2) is 9.97 Å². The van der Waals surface area contributed by atoms with E-state index >= 15 is 0 Å². The Morgan fingerprint density at radius 2 is 2.31 bits per heavy atom. The molecule has 0 spiro atoms. The summed E-state index contributed by atoms with van der Waals surface area (Å²) in [5, 5.41) is 6.48. The second-order valence-electron chi connectivity index (χ2n) is 3.57. The minimum absolute atomic E-state index is 0.820. The van der Waals surface area contributed by atoms with Crippen molar-refractivity contribution in [3.05, 3.63) is 34.8 Å². The fourth-order valence-electron chi connectivity index (χ4n) is 1.50. The zero-order valence-electron chi connectivity index (χ0n) is 9.39. The summed E-state index contributed by atoms with van der Waals surface area (Å²) in [7, 11) is 0. The van der Waals surface area contributed by atoms with E-state index in [1.807, 2.05) is 24.0 Å². The average molecular weight is 236 g/mol. The van der Waals surface area contributed by atoms with Gasteiger partial charge >= 0.3 is 0 Å². The minimum atomic E-state index is 0.820. The second-order valence-corrected chi connectivity index (χ2v) is 4.55. The summed E-state index contributed by atoms with van der Waals surface area (Å²) in [5.74, 6) is 1.07. The molecule has 2 aromatic heterocycles. The van der Waals surface area contributed by atoms with Gasteiger partial charge in [-0.1, -0.05) is 6.92 Å². The quantitative estimate of drug-likeness (QED) is 0.779. The van der Waals surface area contributed by atoms with Gasteiger partial charge in [-0.3, -0.25) is 0 Å². The predicted molar refractivity (Wildman–Crippen MR) is 65.4 cm³/mol. The van der Waals surface area contributed by atoms with Gasteiger partial charge in [-0.15, -0.1) is 11.3 Å². The molecule has 16 heavy (non-hydrogen) atoms. The van der Waals surface area contributed by atoms with Crippen molar-refractivity contribution in [3.8, 4) is 0 Å². The van der Waals surface area contributed by atoms with Crippen molar-refractivity contribution in [2.45, 2.75) is 26.4 Å². The fraction of sp³-hybridized carbons (Fsp3) is 0.455. The summed E-state index contributed by atoms with van der Waals surface area (Å²) in [6.07, 6.45) is 6.83. The van der Waals surface area contributed by atoms with Crippen molar-refractivity contribution in [3.63, 3.8) is 0 Å². The van der Waals surface area contributed by atoms with Crippen LogP contribution in [0.15, 0.2) is 24.0 Å². The summed E-state index contributed by atoms with van der Waals surface area (Å²) in [6, 6.07) is 0. The van der Waals surface area contributed by atoms with E-state index in [9.17, 15) is 0 Å². The van der Waals surface area contributed by atoms with E-state index in [-0.39, 0.29) is 0 Å². The van der Waals surface area contributed by atoms with Crippen LogP contribution in [0.5, 0.6) is 0 Å². The smallest absolute Gasteiger partial charge is 0.123 e. The van der Waals surface area contributed by atoms with E-state index in [4.69, 9.17) is 0 Å². The zero-order valence-corrected chi connectivity index (χ0v) is 10.2. The van der Waals surface area contributed by atoms with Crippen LogP contribution in [0, 0.1) is 0 Å². The SMILES string of the molecule is CCCNCc1nccn1Cc1nccs1. The molecule has 2 aromatic rings. The molecule has 0 saturated carbocycles. The zero-order chi connectivity index (χ0) is 11.2. The lowest BCUT2D eigenvalue weighted by Gasteiger charge is -2.06. The first kappa shape index (κ1) is 11.3. The lowest BCUT2D eigenvalue weighted by Crippen LogP contribution is -2.17. The molecule has 0 bridgehead atoms. The normalized spacial score (nSPS) is 10.8. The van der Waals surface area contributed by atoms with E-state index in [1.165, 1.54) is 0 Å². The van der Waals surface area contributed by atoms with E-state index in [0.29, 0.717) is 0 Å². The molecular formula is C11H16N4S. The van der Waals surface area contributed by atoms with Gasteiger partial charge < -0.3 is 9.88 Å². The maximum absolute atomic E-state index is 4.35. The van der Waals surface area contributed by atoms with Crippen molar-refractivity contribution < 1.29 is 0 Å². The highest BCUT2D eigenvalue weighted by Gasteiger charge is 2.03. The molecule has 5 heteroatoms. The molecule has 86 valence electrons. The van der Waals surface area contributed by atoms with Gasteiger partial charge in [0.05, 0.1) is 13.1 Å². The summed E-state index contributed by atoms with van der Waals surface area (Å²) < 4.78 is 2.14. The van der Waals surface area contributed by atoms with Crippen LogP contribution in [0.4, 0.5) is 0 Å². The van der Waals surface area contributed by atoms with Crippen LogP contribution in [0.3, 0.4) is 0 Å². The Bertz CT molecular complexity index is 407. The third-order valence-corrected chi connectivity index (χ3v) is 3.07. The third-order valence-electron chi connectivity index (χ3n) is 2.30. The summed E-state index contributed by atoms with van der Waals surface area (Å²) in [5.41, 5.74) is 0. The van der Waals surface area contributed by atoms with Crippen LogP contribution in [0.2, 0.25) is 0 Å². The van der Waals surface area contributed by atoms with Gasteiger partial charge in [0.25, 0.3) is 0 Å². The number of hydrogen-bond acceptors (Lipinski definition) is 4. The molecule has 0 radical (unpaired) electrons. The number of nitrogens with one attached hydrogen (secondary N) is 1. The Morgan fingerprint density at radius 3 is 3.06 bits per heavy atom. The van der Waals surface area contributed by atoms with Gasteiger partial charge in [0.2, 0.25) is 0 Å². The van der Waals surface area contributed by atoms with E-state index in [1.54, 1.807) is 11.3 Å². The van der Waals surface area contributed by atoms with Crippen molar-refractivity contribution in [2.75, 3.05) is 6.54 Å². The van der Waals surface area contributed by atoms with Crippen molar-refractivity contribution in [1.82, 2.24) is 19.9 Å². The number of imidazole rings is 1. The first-order valence-corrected chi connectivity index (χ1v) is 6.37. The number of thiazole rings is 1. The second kappa shape index (κ2) is 5.77. The standard InChI is InChI=1S/C11H16N4S/c1-2-3-12-8-10-13-4-6-15(10)9-11-14-5-7-16-11/h4-7,12H,2-3,8-9H2,1H3. The third kappa shape index (κ3) is 2.90. The first-order valence-electron chi connectivity index (χ1n) is 5.49. The van der Waals surface area contributed by atoms with Gasteiger partial charge in [0, 0.05) is 24.0 Å². The Morgan fingerprint density at radius 1 is 1.38 bits per heavy atom. The molecule has 4 nitrogen and oxygen atoms in total. The minimum Gasteiger partial charge on any atom is -0.327 e. The van der Waals surface area contributed by atoms with Crippen LogP contribution in [-0.4, -0.2) is 21.1 Å². The molecule has 0 amide bonds. The van der Waals surface area contributed by atoms with E-state index in [0.717, 1.165) is 36.9 Å². The van der Waals surface area contributed by atoms with Gasteiger partial charge in [-0.2, -0.15) is 0 Å². The van der Waals surface area contributed by atoms with Crippen LogP contribution < -0.4 is 5.32 Å². The maximum atomic E-state index is 4.35. The highest BCUT2D eigenvalue weighted by molar-refractivity contribution is 7.09. The molecule has 1 N–H and O–H groups in total. The maximum Gasteiger partial charge on any atom is 0.123 e. The summed E-state index contributed by atoms with van der Waals surface area (Å²) in [4.78, 5) is 8.62.